The van der Waals surface area contributed by atoms with E-state index in [1.165, 1.54) is 0 Å². The number of carboxylic acids is 1. The van der Waals surface area contributed by atoms with E-state index in [9.17, 15) is 14.7 Å². The van der Waals surface area contributed by atoms with Gasteiger partial charge in [0, 0.05) is 10.5 Å². The van der Waals surface area contributed by atoms with E-state index in [0.29, 0.717) is 5.02 Å². The van der Waals surface area contributed by atoms with Gasteiger partial charge in [-0.15, -0.1) is 0 Å². The van der Waals surface area contributed by atoms with Gasteiger partial charge in [-0.2, -0.15) is 0 Å². The molecule has 2 aliphatic rings. The summed E-state index contributed by atoms with van der Waals surface area (Å²) in [7, 11) is -0.569. The van der Waals surface area contributed by atoms with E-state index in [1.807, 2.05) is 45.9 Å². The van der Waals surface area contributed by atoms with Crippen LogP contribution in [0.1, 0.15) is 86.1 Å². The Hall–Kier alpha value is -2.03. The van der Waals surface area contributed by atoms with Crippen LogP contribution in [0.2, 0.25) is 5.02 Å². The standard InChI is InChI=1S/C27H39BClNO6/c1-24(2,3)34-23(33)30-27(22(31)32,19-12-8-9-13-19)16-10-11-18-14-15-20(21(29)17-18)28-35-25(4,5)26(6,7)36-28/h10-11,14-15,17,19H,8-9,12-13,16H2,1-7H3,(H,30,33)(H,31,32)/t27-/m0/s1. The van der Waals surface area contributed by atoms with Crippen molar-refractivity contribution in [2.45, 2.75) is 103 Å². The highest BCUT2D eigenvalue weighted by atomic mass is 35.5. The minimum Gasteiger partial charge on any atom is -0.479 e. The van der Waals surface area contributed by atoms with Crippen LogP contribution in [0, 0.1) is 5.92 Å². The molecule has 2 fully saturated rings. The van der Waals surface area contributed by atoms with Gasteiger partial charge in [-0.05, 0) is 85.3 Å². The maximum Gasteiger partial charge on any atom is 0.496 e. The highest BCUT2D eigenvalue weighted by Gasteiger charge is 2.52. The molecule has 0 radical (unpaired) electrons. The molecule has 0 spiro atoms. The molecule has 3 rings (SSSR count). The summed E-state index contributed by atoms with van der Waals surface area (Å²) in [5.41, 5.74) is -1.56. The summed E-state index contributed by atoms with van der Waals surface area (Å²) < 4.78 is 17.6. The molecule has 36 heavy (non-hydrogen) atoms. The molecular weight excluding hydrogens is 481 g/mol. The normalized spacial score (nSPS) is 21.5. The molecule has 1 amide bonds. The average Bonchev–Trinajstić information content (AvgIpc) is 3.32. The van der Waals surface area contributed by atoms with E-state index in [4.69, 9.17) is 25.6 Å². The van der Waals surface area contributed by atoms with Crippen LogP contribution in [0.5, 0.6) is 0 Å². The summed E-state index contributed by atoms with van der Waals surface area (Å²) in [6, 6.07) is 5.56. The molecule has 0 bridgehead atoms. The zero-order valence-corrected chi connectivity index (χ0v) is 23.2. The monoisotopic (exact) mass is 519 g/mol. The molecular formula is C27H39BClNO6. The first-order valence-corrected chi connectivity index (χ1v) is 13.0. The third kappa shape index (κ3) is 6.27. The van der Waals surface area contributed by atoms with Gasteiger partial charge in [0.2, 0.25) is 0 Å². The Balaban J connectivity index is 1.79. The third-order valence-electron chi connectivity index (χ3n) is 7.44. The number of hydrogen-bond donors (Lipinski definition) is 2. The highest BCUT2D eigenvalue weighted by molar-refractivity contribution is 6.65. The van der Waals surface area contributed by atoms with E-state index < -0.39 is 41.5 Å². The number of halogens is 1. The lowest BCUT2D eigenvalue weighted by molar-refractivity contribution is -0.147. The van der Waals surface area contributed by atoms with Crippen molar-refractivity contribution in [2.24, 2.45) is 5.92 Å². The largest absolute Gasteiger partial charge is 0.496 e. The van der Waals surface area contributed by atoms with Crippen molar-refractivity contribution in [3.05, 3.63) is 34.9 Å². The molecule has 1 saturated carbocycles. The van der Waals surface area contributed by atoms with Crippen molar-refractivity contribution in [1.82, 2.24) is 5.32 Å². The highest BCUT2D eigenvalue weighted by Crippen LogP contribution is 2.38. The molecule has 1 saturated heterocycles. The van der Waals surface area contributed by atoms with Gasteiger partial charge >= 0.3 is 19.2 Å². The van der Waals surface area contributed by atoms with E-state index in [1.54, 1.807) is 32.9 Å². The summed E-state index contributed by atoms with van der Waals surface area (Å²) >= 11 is 6.59. The number of carbonyl (C=O) groups excluding carboxylic acids is 1. The van der Waals surface area contributed by atoms with Gasteiger partial charge in [0.1, 0.15) is 11.1 Å². The van der Waals surface area contributed by atoms with E-state index >= 15 is 0 Å². The predicted molar refractivity (Wildman–Crippen MR) is 143 cm³/mol. The smallest absolute Gasteiger partial charge is 0.479 e. The molecule has 1 heterocycles. The van der Waals surface area contributed by atoms with Gasteiger partial charge in [-0.3, -0.25) is 0 Å². The second kappa shape index (κ2) is 10.4. The van der Waals surface area contributed by atoms with Crippen molar-refractivity contribution in [1.29, 1.82) is 0 Å². The molecule has 1 aromatic rings. The number of rotatable bonds is 7. The van der Waals surface area contributed by atoms with Crippen LogP contribution in [-0.4, -0.2) is 46.6 Å². The van der Waals surface area contributed by atoms with Gasteiger partial charge in [-0.25, -0.2) is 9.59 Å². The van der Waals surface area contributed by atoms with Crippen LogP contribution in [-0.2, 0) is 18.8 Å². The molecule has 1 aliphatic heterocycles. The van der Waals surface area contributed by atoms with Gasteiger partial charge in [0.05, 0.1) is 11.2 Å². The lowest BCUT2D eigenvalue weighted by atomic mass is 9.78. The Kier molecular flexibility index (Phi) is 8.23. The molecule has 198 valence electrons. The maximum atomic E-state index is 12.6. The second-order valence-electron chi connectivity index (χ2n) is 11.9. The summed E-state index contributed by atoms with van der Waals surface area (Å²) in [5.74, 6) is -1.24. The lowest BCUT2D eigenvalue weighted by Gasteiger charge is -2.36. The number of carbonyl (C=O) groups is 2. The summed E-state index contributed by atoms with van der Waals surface area (Å²) in [6.07, 6.45) is 6.37. The third-order valence-corrected chi connectivity index (χ3v) is 7.77. The fourth-order valence-electron chi connectivity index (χ4n) is 4.73. The molecule has 0 unspecified atom stereocenters. The topological polar surface area (TPSA) is 94.1 Å². The van der Waals surface area contributed by atoms with Crippen LogP contribution in [0.3, 0.4) is 0 Å². The number of carboxylic acid groups (broad SMARTS) is 1. The molecule has 1 atom stereocenters. The van der Waals surface area contributed by atoms with Crippen LogP contribution in [0.25, 0.3) is 6.08 Å². The Morgan fingerprint density at radius 1 is 1.17 bits per heavy atom. The molecule has 2 N–H and O–H groups in total. The SMILES string of the molecule is CC(C)(C)OC(=O)N[C@](CC=Cc1ccc(B2OC(C)(C)C(C)(C)O2)c(Cl)c1)(C(=O)O)C1CCCC1. The summed E-state index contributed by atoms with van der Waals surface area (Å²) in [5, 5.41) is 13.5. The zero-order valence-electron chi connectivity index (χ0n) is 22.4. The van der Waals surface area contributed by atoms with E-state index in [0.717, 1.165) is 36.7 Å². The number of nitrogens with one attached hydrogen (secondary N) is 1. The van der Waals surface area contributed by atoms with Crippen molar-refractivity contribution >= 4 is 42.3 Å². The first kappa shape index (κ1) is 28.5. The quantitative estimate of drug-likeness (QED) is 0.457. The number of ether oxygens (including phenoxy) is 1. The second-order valence-corrected chi connectivity index (χ2v) is 12.3. The van der Waals surface area contributed by atoms with Crippen molar-refractivity contribution < 1.29 is 28.7 Å². The fourth-order valence-corrected chi connectivity index (χ4v) is 5.01. The molecule has 0 aromatic heterocycles. The van der Waals surface area contributed by atoms with E-state index in [2.05, 4.69) is 5.32 Å². The van der Waals surface area contributed by atoms with Crippen LogP contribution < -0.4 is 10.8 Å². The van der Waals surface area contributed by atoms with E-state index in [-0.39, 0.29) is 12.3 Å². The summed E-state index contributed by atoms with van der Waals surface area (Å²) in [4.78, 5) is 25.2. The van der Waals surface area contributed by atoms with Crippen molar-refractivity contribution in [2.75, 3.05) is 0 Å². The van der Waals surface area contributed by atoms with Gasteiger partial charge in [0.15, 0.2) is 0 Å². The zero-order chi connectivity index (χ0) is 26.9. The minimum absolute atomic E-state index is 0.128. The number of benzene rings is 1. The lowest BCUT2D eigenvalue weighted by Crippen LogP contribution is -2.59. The first-order chi connectivity index (χ1) is 16.6. The van der Waals surface area contributed by atoms with Crippen molar-refractivity contribution in [3.8, 4) is 0 Å². The molecule has 1 aromatic carbocycles. The Labute approximate surface area is 220 Å². The van der Waals surface area contributed by atoms with Gasteiger partial charge in [-0.1, -0.05) is 48.7 Å². The number of hydrogen-bond acceptors (Lipinski definition) is 5. The molecule has 9 heteroatoms. The first-order valence-electron chi connectivity index (χ1n) is 12.6. The maximum absolute atomic E-state index is 12.6. The van der Waals surface area contributed by atoms with Crippen LogP contribution in [0.4, 0.5) is 4.79 Å². The Bertz CT molecular complexity index is 996. The Morgan fingerprint density at radius 2 is 1.75 bits per heavy atom. The number of aliphatic carboxylic acids is 1. The fraction of sp³-hybridized carbons (Fsp3) is 0.630. The predicted octanol–water partition coefficient (Wildman–Crippen LogP) is 5.58. The number of alkyl carbamates (subject to hydrolysis) is 1. The number of amides is 1. The van der Waals surface area contributed by atoms with Crippen molar-refractivity contribution in [3.63, 3.8) is 0 Å². The average molecular weight is 520 g/mol. The van der Waals surface area contributed by atoms with Gasteiger partial charge in [0.25, 0.3) is 0 Å². The molecule has 1 aliphatic carbocycles. The summed E-state index contributed by atoms with van der Waals surface area (Å²) in [6.45, 7) is 13.2. The Morgan fingerprint density at radius 3 is 2.25 bits per heavy atom. The molecule has 7 nitrogen and oxygen atoms in total. The minimum atomic E-state index is -1.44. The van der Waals surface area contributed by atoms with Gasteiger partial charge < -0.3 is 24.5 Å². The van der Waals surface area contributed by atoms with Crippen LogP contribution >= 0.6 is 11.6 Å². The van der Waals surface area contributed by atoms with Crippen LogP contribution in [0.15, 0.2) is 24.3 Å².